The van der Waals surface area contributed by atoms with Crippen molar-refractivity contribution in [3.63, 3.8) is 0 Å². The fourth-order valence-corrected chi connectivity index (χ4v) is 5.15. The van der Waals surface area contributed by atoms with E-state index in [1.807, 2.05) is 36.4 Å². The van der Waals surface area contributed by atoms with Crippen LogP contribution in [0.3, 0.4) is 0 Å². The van der Waals surface area contributed by atoms with E-state index in [9.17, 15) is 14.7 Å². The summed E-state index contributed by atoms with van der Waals surface area (Å²) in [5, 5.41) is 15.5. The molecule has 1 aliphatic rings. The van der Waals surface area contributed by atoms with Crippen LogP contribution in [0.2, 0.25) is 0 Å². The van der Waals surface area contributed by atoms with E-state index in [0.29, 0.717) is 17.4 Å². The molecule has 1 aromatic heterocycles. The van der Waals surface area contributed by atoms with Gasteiger partial charge < -0.3 is 10.4 Å². The van der Waals surface area contributed by atoms with Crippen molar-refractivity contribution in [3.05, 3.63) is 106 Å². The maximum absolute atomic E-state index is 12.6. The second kappa shape index (κ2) is 9.00. The Morgan fingerprint density at radius 1 is 0.970 bits per heavy atom. The summed E-state index contributed by atoms with van der Waals surface area (Å²) >= 11 is 1.70. The Hall–Kier alpha value is -3.77. The maximum Gasteiger partial charge on any atom is 0.335 e. The highest BCUT2D eigenvalue weighted by molar-refractivity contribution is 7.10. The van der Waals surface area contributed by atoms with Crippen LogP contribution in [-0.4, -0.2) is 22.0 Å². The fraction of sp³-hybridized carbons (Fsp3) is 0.148. The van der Waals surface area contributed by atoms with Crippen LogP contribution < -0.4 is 5.32 Å². The van der Waals surface area contributed by atoms with Crippen LogP contribution >= 0.6 is 11.3 Å². The molecule has 2 unspecified atom stereocenters. The number of carboxylic acid groups (broad SMARTS) is 1. The first-order valence-electron chi connectivity index (χ1n) is 10.8. The summed E-state index contributed by atoms with van der Waals surface area (Å²) in [5.74, 6) is -0.469. The van der Waals surface area contributed by atoms with Crippen molar-refractivity contribution in [1.29, 1.82) is 0 Å². The van der Waals surface area contributed by atoms with Crippen molar-refractivity contribution in [1.82, 2.24) is 4.98 Å². The second-order valence-corrected chi connectivity index (χ2v) is 9.09. The van der Waals surface area contributed by atoms with Gasteiger partial charge in [0.15, 0.2) is 0 Å². The van der Waals surface area contributed by atoms with E-state index in [-0.39, 0.29) is 17.9 Å². The number of aromatic carboxylic acids is 1. The van der Waals surface area contributed by atoms with Gasteiger partial charge in [0.1, 0.15) is 0 Å². The van der Waals surface area contributed by atoms with Crippen LogP contribution in [0.25, 0.3) is 11.3 Å². The number of anilines is 1. The number of hydrogen-bond donors (Lipinski definition) is 2. The van der Waals surface area contributed by atoms with Crippen LogP contribution in [-0.2, 0) is 11.2 Å². The van der Waals surface area contributed by atoms with Gasteiger partial charge in [0, 0.05) is 22.5 Å². The number of carboxylic acids is 1. The summed E-state index contributed by atoms with van der Waals surface area (Å²) < 4.78 is 0. The number of nitrogens with one attached hydrogen (secondary N) is 1. The zero-order valence-electron chi connectivity index (χ0n) is 17.8. The van der Waals surface area contributed by atoms with Gasteiger partial charge >= 0.3 is 5.97 Å². The van der Waals surface area contributed by atoms with Crippen LogP contribution in [0.1, 0.15) is 44.7 Å². The molecule has 3 aromatic carbocycles. The lowest BCUT2D eigenvalue weighted by Crippen LogP contribution is -2.16. The van der Waals surface area contributed by atoms with Gasteiger partial charge in [0.05, 0.1) is 22.7 Å². The van der Waals surface area contributed by atoms with E-state index >= 15 is 0 Å². The van der Waals surface area contributed by atoms with Crippen LogP contribution in [0.4, 0.5) is 5.69 Å². The molecule has 5 rings (SSSR count). The molecule has 6 heteroatoms. The summed E-state index contributed by atoms with van der Waals surface area (Å²) in [4.78, 5) is 28.8. The van der Waals surface area contributed by atoms with Gasteiger partial charge in [-0.3, -0.25) is 4.79 Å². The minimum absolute atomic E-state index is 0.0140. The van der Waals surface area contributed by atoms with E-state index < -0.39 is 5.97 Å². The number of hydrogen-bond acceptors (Lipinski definition) is 4. The summed E-state index contributed by atoms with van der Waals surface area (Å²) in [6.45, 7) is 0. The van der Waals surface area contributed by atoms with Gasteiger partial charge in [-0.1, -0.05) is 60.7 Å². The van der Waals surface area contributed by atoms with Gasteiger partial charge in [-0.2, -0.15) is 0 Å². The van der Waals surface area contributed by atoms with Crippen LogP contribution in [0.15, 0.2) is 84.2 Å². The summed E-state index contributed by atoms with van der Waals surface area (Å²) in [5.41, 5.74) is 4.70. The molecule has 4 aromatic rings. The van der Waals surface area contributed by atoms with Crippen molar-refractivity contribution in [3.8, 4) is 11.3 Å². The second-order valence-electron chi connectivity index (χ2n) is 8.20. The molecule has 0 bridgehead atoms. The predicted octanol–water partition coefficient (Wildman–Crippen LogP) is 5.96. The van der Waals surface area contributed by atoms with E-state index in [2.05, 4.69) is 28.9 Å². The highest BCUT2D eigenvalue weighted by Crippen LogP contribution is 2.55. The van der Waals surface area contributed by atoms with Gasteiger partial charge in [-0.05, 0) is 41.7 Å². The molecule has 1 aliphatic carbocycles. The molecule has 5 nitrogen and oxygen atoms in total. The minimum atomic E-state index is -1.03. The van der Waals surface area contributed by atoms with E-state index in [1.165, 1.54) is 11.6 Å². The molecule has 2 N–H and O–H groups in total. The van der Waals surface area contributed by atoms with Crippen molar-refractivity contribution in [2.75, 3.05) is 5.32 Å². The number of benzene rings is 3. The summed E-state index contributed by atoms with van der Waals surface area (Å²) in [7, 11) is 0. The number of amides is 1. The standard InChI is InChI=1S/C27H22N2O3S/c30-25(14-19-9-4-5-12-21(19)27(31)32)28-20-11-6-10-18(13-20)22-15-23(22)26-29-24(16-33-26)17-7-2-1-3-8-17/h1-13,16,22-23H,14-15H2,(H,28,30)(H,31,32). The number of carbonyl (C=O) groups is 2. The molecule has 0 aliphatic heterocycles. The first-order chi connectivity index (χ1) is 16.1. The average Bonchev–Trinajstić information content (AvgIpc) is 3.48. The van der Waals surface area contributed by atoms with Crippen molar-refractivity contribution >= 4 is 28.9 Å². The highest BCUT2D eigenvalue weighted by atomic mass is 32.1. The Bertz CT molecular complexity index is 1320. The predicted molar refractivity (Wildman–Crippen MR) is 130 cm³/mol. The Morgan fingerprint density at radius 3 is 2.58 bits per heavy atom. The van der Waals surface area contributed by atoms with Crippen molar-refractivity contribution in [2.45, 2.75) is 24.7 Å². The molecule has 1 heterocycles. The van der Waals surface area contributed by atoms with E-state index in [0.717, 1.165) is 28.4 Å². The Morgan fingerprint density at radius 2 is 1.76 bits per heavy atom. The highest BCUT2D eigenvalue weighted by Gasteiger charge is 2.41. The van der Waals surface area contributed by atoms with Crippen molar-refractivity contribution < 1.29 is 14.7 Å². The zero-order chi connectivity index (χ0) is 22.8. The lowest BCUT2D eigenvalue weighted by Gasteiger charge is -2.09. The molecule has 0 radical (unpaired) electrons. The van der Waals surface area contributed by atoms with Crippen molar-refractivity contribution in [2.24, 2.45) is 0 Å². The normalized spacial score (nSPS) is 16.8. The van der Waals surface area contributed by atoms with E-state index in [1.54, 1.807) is 29.5 Å². The maximum atomic E-state index is 12.6. The Balaban J connectivity index is 1.25. The third kappa shape index (κ3) is 4.71. The molecule has 1 fully saturated rings. The lowest BCUT2D eigenvalue weighted by molar-refractivity contribution is -0.115. The molecule has 0 saturated heterocycles. The Labute approximate surface area is 195 Å². The smallest absolute Gasteiger partial charge is 0.335 e. The lowest BCUT2D eigenvalue weighted by atomic mass is 10.0. The van der Waals surface area contributed by atoms with Gasteiger partial charge in [0.25, 0.3) is 0 Å². The topological polar surface area (TPSA) is 79.3 Å². The molecule has 33 heavy (non-hydrogen) atoms. The molecule has 0 spiro atoms. The number of nitrogens with zero attached hydrogens (tertiary/aromatic N) is 1. The van der Waals surface area contributed by atoms with Gasteiger partial charge in [-0.15, -0.1) is 11.3 Å². The quantitative estimate of drug-likeness (QED) is 0.361. The monoisotopic (exact) mass is 454 g/mol. The summed E-state index contributed by atoms with van der Waals surface area (Å²) in [6, 6.07) is 24.7. The molecule has 2 atom stereocenters. The minimum Gasteiger partial charge on any atom is -0.478 e. The number of aromatic nitrogens is 1. The van der Waals surface area contributed by atoms with E-state index in [4.69, 9.17) is 4.98 Å². The first kappa shape index (κ1) is 21.1. The van der Waals surface area contributed by atoms with Crippen LogP contribution in [0.5, 0.6) is 0 Å². The molecule has 1 saturated carbocycles. The molecular weight excluding hydrogens is 432 g/mol. The molecule has 1 amide bonds. The number of carbonyl (C=O) groups excluding carboxylic acids is 1. The molecular formula is C27H22N2O3S. The van der Waals surface area contributed by atoms with Crippen LogP contribution in [0, 0.1) is 0 Å². The fourth-order valence-electron chi connectivity index (χ4n) is 4.14. The SMILES string of the molecule is O=C(Cc1ccccc1C(=O)O)Nc1cccc(C2CC2c2nc(-c3ccccc3)cs2)c1. The zero-order valence-corrected chi connectivity index (χ0v) is 18.6. The Kier molecular flexibility index (Phi) is 5.75. The number of rotatable bonds is 7. The molecule has 164 valence electrons. The number of thiazole rings is 1. The first-order valence-corrected chi connectivity index (χ1v) is 11.7. The summed E-state index contributed by atoms with van der Waals surface area (Å²) in [6.07, 6.45) is 1.06. The van der Waals surface area contributed by atoms with Gasteiger partial charge in [-0.25, -0.2) is 9.78 Å². The largest absolute Gasteiger partial charge is 0.478 e. The third-order valence-electron chi connectivity index (χ3n) is 5.90. The average molecular weight is 455 g/mol. The third-order valence-corrected chi connectivity index (χ3v) is 6.87. The van der Waals surface area contributed by atoms with Gasteiger partial charge in [0.2, 0.25) is 5.91 Å².